The second-order valence-corrected chi connectivity index (χ2v) is 16.5. The SMILES string of the molecule is CC(C)(C)NC(=O)[C@@H]1C[C@@H]2CCCC[C@@H]2CN1C[C@@H](N)C[C@@H](Cc1ccc(OCCN2CCOCC2)cc1)C(=O)N[C@H]1c2ccccc2C[C@H]1O. The van der Waals surface area contributed by atoms with E-state index < -0.39 is 18.1 Å². The van der Waals surface area contributed by atoms with Gasteiger partial charge in [0.05, 0.1) is 31.4 Å². The van der Waals surface area contributed by atoms with Gasteiger partial charge in [0.2, 0.25) is 11.8 Å². The molecular weight excluding hydrogens is 642 g/mol. The van der Waals surface area contributed by atoms with Crippen molar-refractivity contribution in [2.45, 2.75) is 102 Å². The van der Waals surface area contributed by atoms with Gasteiger partial charge in [0.15, 0.2) is 0 Å². The molecule has 5 N–H and O–H groups in total. The molecule has 280 valence electrons. The summed E-state index contributed by atoms with van der Waals surface area (Å²) in [6.07, 6.45) is 6.57. The first-order valence-electron chi connectivity index (χ1n) is 19.4. The summed E-state index contributed by atoms with van der Waals surface area (Å²) in [6, 6.07) is 15.0. The maximum atomic E-state index is 14.2. The molecule has 2 heterocycles. The maximum Gasteiger partial charge on any atom is 0.237 e. The number of carbonyl (C=O) groups excluding carboxylic acids is 2. The Balaban J connectivity index is 1.14. The summed E-state index contributed by atoms with van der Waals surface area (Å²) in [5, 5.41) is 17.4. The molecule has 2 aromatic rings. The minimum Gasteiger partial charge on any atom is -0.492 e. The first kappa shape index (κ1) is 37.7. The lowest BCUT2D eigenvalue weighted by Crippen LogP contribution is -2.59. The van der Waals surface area contributed by atoms with E-state index in [9.17, 15) is 14.7 Å². The highest BCUT2D eigenvalue weighted by Crippen LogP contribution is 2.39. The van der Waals surface area contributed by atoms with Crippen molar-refractivity contribution in [1.29, 1.82) is 0 Å². The van der Waals surface area contributed by atoms with E-state index in [0.717, 1.165) is 68.3 Å². The van der Waals surface area contributed by atoms with Gasteiger partial charge in [-0.25, -0.2) is 0 Å². The van der Waals surface area contributed by atoms with Gasteiger partial charge in [0.1, 0.15) is 12.4 Å². The number of carbonyl (C=O) groups is 2. The monoisotopic (exact) mass is 703 g/mol. The molecule has 2 aliphatic carbocycles. The lowest BCUT2D eigenvalue weighted by atomic mass is 9.72. The number of amides is 2. The Morgan fingerprint density at radius 2 is 1.76 bits per heavy atom. The summed E-state index contributed by atoms with van der Waals surface area (Å²) < 4.78 is 11.5. The average Bonchev–Trinajstić information content (AvgIpc) is 3.42. The molecule has 0 unspecified atom stereocenters. The highest BCUT2D eigenvalue weighted by atomic mass is 16.5. The number of nitrogens with zero attached hydrogens (tertiary/aromatic N) is 2. The molecule has 10 nitrogen and oxygen atoms in total. The van der Waals surface area contributed by atoms with Crippen molar-refractivity contribution in [2.24, 2.45) is 23.5 Å². The number of fused-ring (bicyclic) bond motifs is 2. The highest BCUT2D eigenvalue weighted by molar-refractivity contribution is 5.82. The van der Waals surface area contributed by atoms with Gasteiger partial charge in [-0.2, -0.15) is 0 Å². The molecular formula is C41H61N5O5. The van der Waals surface area contributed by atoms with Crippen LogP contribution in [0.15, 0.2) is 48.5 Å². The molecule has 6 rings (SSSR count). The van der Waals surface area contributed by atoms with Gasteiger partial charge < -0.3 is 30.9 Å². The number of nitrogens with two attached hydrogens (primary N) is 1. The van der Waals surface area contributed by atoms with Crippen LogP contribution in [0.1, 0.15) is 82.0 Å². The van der Waals surface area contributed by atoms with Crippen LogP contribution in [0.5, 0.6) is 5.75 Å². The number of aliphatic hydroxyl groups is 1. The third-order valence-corrected chi connectivity index (χ3v) is 11.4. The van der Waals surface area contributed by atoms with Gasteiger partial charge in [-0.1, -0.05) is 55.7 Å². The van der Waals surface area contributed by atoms with E-state index in [1.165, 1.54) is 25.7 Å². The number of morpholine rings is 1. The van der Waals surface area contributed by atoms with Crippen LogP contribution in [0.25, 0.3) is 0 Å². The number of rotatable bonds is 13. The molecule has 3 fully saturated rings. The number of hydrogen-bond acceptors (Lipinski definition) is 8. The Morgan fingerprint density at radius 3 is 2.51 bits per heavy atom. The van der Waals surface area contributed by atoms with Crippen LogP contribution < -0.4 is 21.1 Å². The fourth-order valence-corrected chi connectivity index (χ4v) is 8.79. The lowest BCUT2D eigenvalue weighted by molar-refractivity contribution is -0.132. The van der Waals surface area contributed by atoms with Gasteiger partial charge in [0.25, 0.3) is 0 Å². The molecule has 10 heteroatoms. The zero-order chi connectivity index (χ0) is 36.0. The zero-order valence-corrected chi connectivity index (χ0v) is 31.0. The molecule has 51 heavy (non-hydrogen) atoms. The number of aliphatic hydroxyl groups excluding tert-OH is 1. The van der Waals surface area contributed by atoms with Crippen molar-refractivity contribution >= 4 is 11.8 Å². The quantitative estimate of drug-likeness (QED) is 0.248. The first-order valence-corrected chi connectivity index (χ1v) is 19.4. The van der Waals surface area contributed by atoms with Gasteiger partial charge in [-0.3, -0.25) is 19.4 Å². The molecule has 0 spiro atoms. The summed E-state index contributed by atoms with van der Waals surface area (Å²) >= 11 is 0. The molecule has 0 bridgehead atoms. The van der Waals surface area contributed by atoms with Crippen molar-refractivity contribution in [3.63, 3.8) is 0 Å². The average molecular weight is 704 g/mol. The Hall–Kier alpha value is -3.02. The number of hydrogen-bond donors (Lipinski definition) is 4. The summed E-state index contributed by atoms with van der Waals surface area (Å²) in [5.41, 5.74) is 9.73. The predicted octanol–water partition coefficient (Wildman–Crippen LogP) is 3.84. The number of benzene rings is 2. The standard InChI is InChI=1S/C41H61N5O5/c1-41(2,3)44-40(49)36-24-29-8-4-5-10-31(29)26-46(36)27-33(42)23-32(39(48)43-38-35-11-7-6-9-30(35)25-37(38)47)22-28-12-14-34(15-13-28)51-21-18-45-16-19-50-20-17-45/h6-7,9,11-15,29,31-33,36-38,47H,4-5,8,10,16-27,42H2,1-3H3,(H,43,48)(H,44,49)/t29-,31+,32+,33-,36-,37+,38-/m0/s1. The molecule has 1 saturated carbocycles. The second kappa shape index (κ2) is 17.2. The Bertz CT molecular complexity index is 1440. The van der Waals surface area contributed by atoms with E-state index in [-0.39, 0.29) is 29.4 Å². The molecule has 2 aliphatic heterocycles. The summed E-state index contributed by atoms with van der Waals surface area (Å²) in [4.78, 5) is 32.5. The van der Waals surface area contributed by atoms with Crippen LogP contribution in [-0.2, 0) is 27.2 Å². The molecule has 0 radical (unpaired) electrons. The number of piperidine rings is 1. The third kappa shape index (κ3) is 10.3. The van der Waals surface area contributed by atoms with Gasteiger partial charge in [-0.05, 0) is 87.1 Å². The molecule has 2 aromatic carbocycles. The molecule has 4 aliphatic rings. The fraction of sp³-hybridized carbons (Fsp3) is 0.659. The van der Waals surface area contributed by atoms with Crippen LogP contribution in [0, 0.1) is 17.8 Å². The fourth-order valence-electron chi connectivity index (χ4n) is 8.79. The van der Waals surface area contributed by atoms with Crippen LogP contribution in [0.3, 0.4) is 0 Å². The smallest absolute Gasteiger partial charge is 0.237 e. The van der Waals surface area contributed by atoms with Crippen molar-refractivity contribution in [3.8, 4) is 5.75 Å². The second-order valence-electron chi connectivity index (χ2n) is 16.5. The van der Waals surface area contributed by atoms with Gasteiger partial charge >= 0.3 is 0 Å². The van der Waals surface area contributed by atoms with Crippen molar-refractivity contribution < 1.29 is 24.2 Å². The number of ether oxygens (including phenoxy) is 2. The van der Waals surface area contributed by atoms with Crippen LogP contribution in [0.4, 0.5) is 0 Å². The first-order chi connectivity index (χ1) is 24.5. The van der Waals surface area contributed by atoms with Gasteiger partial charge in [0, 0.05) is 56.6 Å². The maximum absolute atomic E-state index is 14.2. The van der Waals surface area contributed by atoms with E-state index in [1.54, 1.807) is 0 Å². The number of nitrogens with one attached hydrogen (secondary N) is 2. The summed E-state index contributed by atoms with van der Waals surface area (Å²) in [6.45, 7) is 12.4. The molecule has 2 saturated heterocycles. The van der Waals surface area contributed by atoms with Crippen molar-refractivity contribution in [3.05, 3.63) is 65.2 Å². The van der Waals surface area contributed by atoms with Crippen LogP contribution in [-0.4, -0.2) is 103 Å². The topological polar surface area (TPSA) is 129 Å². The van der Waals surface area contributed by atoms with Crippen LogP contribution in [0.2, 0.25) is 0 Å². The zero-order valence-electron chi connectivity index (χ0n) is 31.0. The largest absolute Gasteiger partial charge is 0.492 e. The van der Waals surface area contributed by atoms with E-state index >= 15 is 0 Å². The van der Waals surface area contributed by atoms with Crippen molar-refractivity contribution in [2.75, 3.05) is 52.5 Å². The Labute approximate surface area is 304 Å². The minimum atomic E-state index is -0.673. The molecule has 0 aromatic heterocycles. The van der Waals surface area contributed by atoms with E-state index in [2.05, 4.69) is 20.4 Å². The molecule has 7 atom stereocenters. The summed E-state index contributed by atoms with van der Waals surface area (Å²) in [5.74, 6) is 1.53. The third-order valence-electron chi connectivity index (χ3n) is 11.4. The van der Waals surface area contributed by atoms with Gasteiger partial charge in [-0.15, -0.1) is 0 Å². The van der Waals surface area contributed by atoms with E-state index in [4.69, 9.17) is 15.2 Å². The van der Waals surface area contributed by atoms with E-state index in [1.807, 2.05) is 69.3 Å². The Kier molecular flexibility index (Phi) is 12.7. The minimum absolute atomic E-state index is 0.0779. The van der Waals surface area contributed by atoms with Crippen molar-refractivity contribution in [1.82, 2.24) is 20.4 Å². The predicted molar refractivity (Wildman–Crippen MR) is 199 cm³/mol. The lowest BCUT2D eigenvalue weighted by Gasteiger charge is -2.46. The normalized spacial score (nSPS) is 26.8. The number of likely N-dealkylation sites (tertiary alicyclic amines) is 1. The molecule has 2 amide bonds. The highest BCUT2D eigenvalue weighted by Gasteiger charge is 2.41. The Morgan fingerprint density at radius 1 is 1.04 bits per heavy atom. The van der Waals surface area contributed by atoms with E-state index in [0.29, 0.717) is 44.2 Å². The van der Waals surface area contributed by atoms with Crippen LogP contribution >= 0.6 is 0 Å². The summed E-state index contributed by atoms with van der Waals surface area (Å²) in [7, 11) is 0.